The lowest BCUT2D eigenvalue weighted by atomic mass is 10.1. The number of ether oxygens (including phenoxy) is 4. The minimum Gasteiger partial charge on any atom is -0.489 e. The monoisotopic (exact) mass is 1710 g/mol. The van der Waals surface area contributed by atoms with E-state index >= 15 is 0 Å². The summed E-state index contributed by atoms with van der Waals surface area (Å²) in [6.07, 6.45) is 22.7. The molecule has 29 heteroatoms. The van der Waals surface area contributed by atoms with E-state index in [4.69, 9.17) is 50.5 Å². The molecule has 0 aliphatic carbocycles. The van der Waals surface area contributed by atoms with Gasteiger partial charge in [-0.2, -0.15) is 19.9 Å². The van der Waals surface area contributed by atoms with Crippen molar-refractivity contribution in [2.24, 2.45) is 0 Å². The Morgan fingerprint density at radius 2 is 0.567 bits per heavy atom. The van der Waals surface area contributed by atoms with Gasteiger partial charge in [0.25, 0.3) is 0 Å². The Morgan fingerprint density at radius 1 is 0.299 bits per heavy atom. The van der Waals surface area contributed by atoms with Gasteiger partial charge in [0.2, 0.25) is 23.8 Å². The third kappa shape index (κ3) is 19.0. The summed E-state index contributed by atoms with van der Waals surface area (Å²) in [5.41, 5.74) is 21.0. The van der Waals surface area contributed by atoms with Crippen LogP contribution in [0.25, 0.3) is 0 Å². The summed E-state index contributed by atoms with van der Waals surface area (Å²) < 4.78 is 23.1. The summed E-state index contributed by atoms with van der Waals surface area (Å²) in [6, 6.07) is 54.9. The number of rotatable bonds is 4. The molecule has 0 spiro atoms. The number of benzene rings is 8. The van der Waals surface area contributed by atoms with Crippen molar-refractivity contribution in [3.63, 3.8) is 0 Å². The van der Waals surface area contributed by atoms with Crippen LogP contribution in [0.3, 0.4) is 0 Å². The number of hydrogen-bond acceptors (Lipinski definition) is 20. The number of urea groups is 4. The number of aromatic nitrogens is 8. The number of aryl methyl sites for hydroxylation is 7. The highest BCUT2D eigenvalue weighted by Gasteiger charge is 2.39. The molecule has 0 fully saturated rings. The quantitative estimate of drug-likeness (QED) is 0.119. The van der Waals surface area contributed by atoms with Crippen molar-refractivity contribution in [3.8, 4) is 5.75 Å². The summed E-state index contributed by atoms with van der Waals surface area (Å²) in [7, 11) is 0. The van der Waals surface area contributed by atoms with Crippen LogP contribution in [0.1, 0.15) is 77.9 Å². The van der Waals surface area contributed by atoms with Gasteiger partial charge in [-0.3, -0.25) is 39.2 Å². The molecule has 20 rings (SSSR count). The minimum absolute atomic E-state index is 0.0980. The average molecular weight is 1720 g/mol. The second kappa shape index (κ2) is 38.2. The van der Waals surface area contributed by atoms with Gasteiger partial charge >= 0.3 is 24.1 Å². The van der Waals surface area contributed by atoms with Crippen LogP contribution in [0.5, 0.6) is 5.75 Å². The van der Waals surface area contributed by atoms with Crippen molar-refractivity contribution in [1.82, 2.24) is 39.9 Å². The van der Waals surface area contributed by atoms with E-state index in [9.17, 15) is 19.2 Å². The minimum atomic E-state index is -0.182. The number of nitrogens with zero attached hydrogens (tertiary/aromatic N) is 16. The average Bonchev–Trinajstić information content (AvgIpc) is 0.956. The molecule has 4 aromatic heterocycles. The number of hydrogen-bond donors (Lipinski definition) is 4. The molecule has 4 N–H and O–H groups in total. The van der Waals surface area contributed by atoms with E-state index in [1.165, 1.54) is 0 Å². The molecule has 8 amide bonds. The lowest BCUT2D eigenvalue weighted by Crippen LogP contribution is -2.48. The molecular weight excluding hydrogens is 1620 g/mol. The third-order valence-corrected chi connectivity index (χ3v) is 22.7. The highest BCUT2D eigenvalue weighted by molar-refractivity contribution is 6.34. The van der Waals surface area contributed by atoms with Crippen LogP contribution in [0.4, 0.5) is 112 Å². The van der Waals surface area contributed by atoms with E-state index in [0.717, 1.165) is 123 Å². The molecular formula is C98H95ClN20O8. The van der Waals surface area contributed by atoms with E-state index in [0.29, 0.717) is 156 Å². The van der Waals surface area contributed by atoms with Gasteiger partial charge in [0.1, 0.15) is 35.6 Å². The Morgan fingerprint density at radius 3 is 0.882 bits per heavy atom. The molecule has 8 aliphatic rings. The first-order valence-corrected chi connectivity index (χ1v) is 42.4. The van der Waals surface area contributed by atoms with Crippen LogP contribution in [0.15, 0.2) is 243 Å². The summed E-state index contributed by atoms with van der Waals surface area (Å²) in [5, 5.41) is 13.5. The van der Waals surface area contributed by atoms with Crippen molar-refractivity contribution in [2.45, 2.75) is 94.5 Å². The number of para-hydroxylation sites is 4. The van der Waals surface area contributed by atoms with Crippen molar-refractivity contribution in [1.29, 1.82) is 0 Å². The Bertz CT molecular complexity index is 5790. The SMILES string of the molecule is Cc1cccc(C)c1N1Cc2cnc3nc2N(C/C=C/COCc2cccc(c2)N3)C1=O.Cc1cccc(C)c1N1Cc2cnc3nc2N(C/C=C\COCc2cccc(c2)N3)C1=O.Cc1cccc(C)c1N1Cc2cnc3nc2N(C/C=C\COc2cccc(c2)N3)C1=O.Cc1cccc(Cl)c1N1Cc2cnc3nc2N(C/C=C\COCc2cccc(c2)N3)C1=O. The lowest BCUT2D eigenvalue weighted by molar-refractivity contribution is 0.148. The van der Waals surface area contributed by atoms with Crippen LogP contribution in [-0.4, -0.2) is 117 Å². The van der Waals surface area contributed by atoms with E-state index in [2.05, 4.69) is 41.2 Å². The Balaban J connectivity index is 0.000000119. The van der Waals surface area contributed by atoms with Crippen molar-refractivity contribution < 1.29 is 38.1 Å². The highest BCUT2D eigenvalue weighted by atomic mass is 35.5. The molecule has 16 bridgehead atoms. The van der Waals surface area contributed by atoms with Crippen molar-refractivity contribution in [3.05, 3.63) is 326 Å². The third-order valence-electron chi connectivity index (χ3n) is 22.4. The fourth-order valence-corrected chi connectivity index (χ4v) is 16.7. The van der Waals surface area contributed by atoms with E-state index in [1.54, 1.807) is 43.0 Å². The van der Waals surface area contributed by atoms with Crippen LogP contribution in [0, 0.1) is 48.5 Å². The number of fused-ring (bicyclic) bond motifs is 12. The largest absolute Gasteiger partial charge is 0.489 e. The van der Waals surface area contributed by atoms with Gasteiger partial charge in [-0.1, -0.05) is 163 Å². The molecule has 0 unspecified atom stereocenters. The van der Waals surface area contributed by atoms with Crippen LogP contribution >= 0.6 is 11.6 Å². The van der Waals surface area contributed by atoms with Gasteiger partial charge < -0.3 is 40.2 Å². The molecule has 8 aliphatic heterocycles. The van der Waals surface area contributed by atoms with Crippen molar-refractivity contribution in [2.75, 3.05) is 113 Å². The molecule has 12 aromatic rings. The van der Waals surface area contributed by atoms with Crippen molar-refractivity contribution >= 4 is 128 Å². The number of carbonyl (C=O) groups is 4. The molecule has 642 valence electrons. The summed E-state index contributed by atoms with van der Waals surface area (Å²) in [6.45, 7) is 20.6. The van der Waals surface area contributed by atoms with Gasteiger partial charge in [-0.15, -0.1) is 0 Å². The summed E-state index contributed by atoms with van der Waals surface area (Å²) in [5.74, 6) is 5.03. The van der Waals surface area contributed by atoms with Gasteiger partial charge in [0.15, 0.2) is 0 Å². The number of anilines is 16. The van der Waals surface area contributed by atoms with Gasteiger partial charge in [0.05, 0.1) is 93.6 Å². The molecule has 0 saturated carbocycles. The first kappa shape index (κ1) is 84.5. The first-order chi connectivity index (χ1) is 61.9. The molecule has 12 heterocycles. The normalized spacial score (nSPS) is 16.8. The van der Waals surface area contributed by atoms with E-state index in [1.807, 2.05) is 288 Å². The fraction of sp³-hybridized carbons (Fsp3) is 0.224. The number of carbonyl (C=O) groups excluding carboxylic acids is 4. The molecule has 0 radical (unpaired) electrons. The van der Waals surface area contributed by atoms with Gasteiger partial charge in [0, 0.05) is 102 Å². The van der Waals surface area contributed by atoms with E-state index in [-0.39, 0.29) is 24.1 Å². The van der Waals surface area contributed by atoms with Gasteiger partial charge in [-0.05, 0) is 165 Å². The predicted molar refractivity (Wildman–Crippen MR) is 498 cm³/mol. The highest BCUT2D eigenvalue weighted by Crippen LogP contribution is 2.42. The second-order valence-electron chi connectivity index (χ2n) is 31.6. The molecule has 0 saturated heterocycles. The first-order valence-electron chi connectivity index (χ1n) is 42.0. The molecule has 0 atom stereocenters. The summed E-state index contributed by atoms with van der Waals surface area (Å²) >= 11 is 6.49. The Kier molecular flexibility index (Phi) is 25.4. The number of amides is 8. The Hall–Kier alpha value is -14.7. The zero-order valence-electron chi connectivity index (χ0n) is 71.5. The zero-order chi connectivity index (χ0) is 87.6. The maximum atomic E-state index is 13.6. The molecule has 127 heavy (non-hydrogen) atoms. The molecule has 28 nitrogen and oxygen atoms in total. The predicted octanol–water partition coefficient (Wildman–Crippen LogP) is 19.7. The summed E-state index contributed by atoms with van der Waals surface area (Å²) in [4.78, 5) is 105. The lowest BCUT2D eigenvalue weighted by Gasteiger charge is -2.37. The second-order valence-corrected chi connectivity index (χ2v) is 32.0. The number of halogens is 1. The van der Waals surface area contributed by atoms with Crippen LogP contribution in [0.2, 0.25) is 5.02 Å². The van der Waals surface area contributed by atoms with Crippen LogP contribution in [-0.2, 0) is 60.2 Å². The topological polar surface area (TPSA) is 282 Å². The maximum Gasteiger partial charge on any atom is 0.330 e. The van der Waals surface area contributed by atoms with Crippen LogP contribution < -0.4 is 65.2 Å². The van der Waals surface area contributed by atoms with Gasteiger partial charge in [-0.25, -0.2) is 39.1 Å². The fourth-order valence-electron chi connectivity index (χ4n) is 16.4. The smallest absolute Gasteiger partial charge is 0.330 e. The standard InChI is InChI=1S/2C25H25N5O2.C24H22ClN5O2.C24H23N5O2/c2*1-17-7-5-8-18(2)22(17)30-15-20-14-26-24-27-21-10-6-9-19(13-21)16-32-12-4-3-11-29(25(30)31)23(20)28-24;1-16-6-4-9-20(25)21(16)30-14-18-13-26-23-27-19-8-5-7-17(12-19)15-32-11-3-2-10-29(24(30)31)22(18)28-23;1-16-7-5-8-17(2)21(16)29-15-18-14-25-23-26-19-9-6-10-20(13-19)31-12-4-3-11-28(24(29)30)22(18)27-23/h2*3-10,13-14H,11-12,15-16H2,1-2H3,(H,26,27,28);2-9,12-13H,10-11,14-15H2,1H3,(H,26,27,28);3-10,13-14H,11-12,15H2,1-2H3,(H,25,26,27)/b4-3+;4-3-;3-2-;4-3-. The molecule has 8 aromatic carbocycles. The van der Waals surface area contributed by atoms with E-state index < -0.39 is 0 Å². The zero-order valence-corrected chi connectivity index (χ0v) is 72.3. The Labute approximate surface area is 741 Å². The number of nitrogens with one attached hydrogen (secondary N) is 4. The maximum absolute atomic E-state index is 13.6.